The summed E-state index contributed by atoms with van der Waals surface area (Å²) in [5, 5.41) is 0. The molecule has 3 rings (SSSR count). The minimum absolute atomic E-state index is 0.225. The fraction of sp³-hybridized carbons (Fsp3) is 0.550. The number of benzene rings is 1. The Bertz CT molecular complexity index is 652. The number of rotatable bonds is 6. The number of piperidine rings is 1. The van der Waals surface area contributed by atoms with Crippen molar-refractivity contribution in [1.29, 1.82) is 0 Å². The zero-order valence-corrected chi connectivity index (χ0v) is 15.3. The zero-order valence-electron chi connectivity index (χ0n) is 15.3. The molecule has 0 N–H and O–H groups in total. The van der Waals surface area contributed by atoms with Crippen LogP contribution in [0.4, 0.5) is 13.2 Å². The lowest BCUT2D eigenvalue weighted by molar-refractivity contribution is -0.274. The van der Waals surface area contributed by atoms with Crippen LogP contribution in [0.1, 0.15) is 42.5 Å². The second-order valence-electron chi connectivity index (χ2n) is 7.15. The van der Waals surface area contributed by atoms with E-state index in [0.717, 1.165) is 51.2 Å². The largest absolute Gasteiger partial charge is 0.573 e. The van der Waals surface area contributed by atoms with Crippen LogP contribution in [0.5, 0.6) is 5.75 Å². The van der Waals surface area contributed by atoms with Gasteiger partial charge in [0.05, 0.1) is 0 Å². The summed E-state index contributed by atoms with van der Waals surface area (Å²) in [5.74, 6) is -0.554. The molecule has 1 atom stereocenters. The summed E-state index contributed by atoms with van der Waals surface area (Å²) in [6, 6.07) is 5.44. The summed E-state index contributed by atoms with van der Waals surface area (Å²) in [6.07, 6.45) is 4.68. The predicted octanol–water partition coefficient (Wildman–Crippen LogP) is 4.23. The molecule has 27 heavy (non-hydrogen) atoms. The molecule has 0 unspecified atom stereocenters. The summed E-state index contributed by atoms with van der Waals surface area (Å²) in [6.45, 7) is 4.27. The molecule has 2 aliphatic heterocycles. The summed E-state index contributed by atoms with van der Waals surface area (Å²) >= 11 is 0. The van der Waals surface area contributed by atoms with Crippen molar-refractivity contribution in [3.8, 4) is 5.75 Å². The minimum atomic E-state index is -4.73. The number of halogens is 3. The Morgan fingerprint density at radius 1 is 1.07 bits per heavy atom. The molecular weight excluding hydrogens is 357 g/mol. The summed E-state index contributed by atoms with van der Waals surface area (Å²) in [5.41, 5.74) is 0.340. The number of ether oxygens (including phenoxy) is 1. The molecule has 0 amide bonds. The number of carbonyl (C=O) groups excluding carboxylic acids is 1. The topological polar surface area (TPSA) is 32.8 Å². The second kappa shape index (κ2) is 8.78. The predicted molar refractivity (Wildman–Crippen MR) is 96.6 cm³/mol. The molecular formula is C20H25F3N2O2. The molecule has 1 aromatic carbocycles. The molecule has 0 radical (unpaired) electrons. The van der Waals surface area contributed by atoms with Crippen LogP contribution in [0.3, 0.4) is 0 Å². The first-order chi connectivity index (χ1) is 12.9. The number of hydrogen-bond donors (Lipinski definition) is 0. The fourth-order valence-electron chi connectivity index (χ4n) is 3.77. The number of hydrogen-bond acceptors (Lipinski definition) is 4. The number of allylic oxidation sites excluding steroid dienone is 1. The van der Waals surface area contributed by atoms with E-state index < -0.39 is 6.36 Å². The quantitative estimate of drug-likeness (QED) is 0.544. The van der Waals surface area contributed by atoms with E-state index in [1.165, 1.54) is 37.5 Å². The highest BCUT2D eigenvalue weighted by Gasteiger charge is 2.31. The van der Waals surface area contributed by atoms with E-state index in [4.69, 9.17) is 0 Å². The highest BCUT2D eigenvalue weighted by atomic mass is 19.4. The van der Waals surface area contributed by atoms with E-state index in [2.05, 4.69) is 14.5 Å². The Hall–Kier alpha value is -2.02. The van der Waals surface area contributed by atoms with Gasteiger partial charge in [0.1, 0.15) is 5.75 Å². The average Bonchev–Trinajstić information content (AvgIpc) is 3.07. The maximum atomic E-state index is 12.3. The van der Waals surface area contributed by atoms with Crippen molar-refractivity contribution < 1.29 is 22.7 Å². The summed E-state index contributed by atoms with van der Waals surface area (Å²) < 4.78 is 40.4. The van der Waals surface area contributed by atoms with Crippen LogP contribution in [0, 0.1) is 0 Å². The van der Waals surface area contributed by atoms with Gasteiger partial charge < -0.3 is 14.5 Å². The molecule has 0 saturated carbocycles. The normalized spacial score (nSPS) is 21.7. The van der Waals surface area contributed by atoms with Gasteiger partial charge in [-0.05, 0) is 63.0 Å². The van der Waals surface area contributed by atoms with Gasteiger partial charge in [0, 0.05) is 37.0 Å². The third kappa shape index (κ3) is 5.99. The van der Waals surface area contributed by atoms with Gasteiger partial charge in [-0.3, -0.25) is 4.79 Å². The Kier molecular flexibility index (Phi) is 6.42. The molecule has 0 spiro atoms. The van der Waals surface area contributed by atoms with Crippen molar-refractivity contribution in [1.82, 2.24) is 9.80 Å². The van der Waals surface area contributed by atoms with Gasteiger partial charge in [0.15, 0.2) is 5.78 Å². The van der Waals surface area contributed by atoms with Crippen molar-refractivity contribution >= 4 is 5.78 Å². The zero-order chi connectivity index (χ0) is 19.3. The summed E-state index contributed by atoms with van der Waals surface area (Å²) in [4.78, 5) is 17.0. The number of alkyl halides is 3. The molecule has 0 bridgehead atoms. The first-order valence-corrected chi connectivity index (χ1v) is 9.47. The van der Waals surface area contributed by atoms with Crippen molar-refractivity contribution in [3.63, 3.8) is 0 Å². The molecule has 148 valence electrons. The van der Waals surface area contributed by atoms with Crippen molar-refractivity contribution in [2.24, 2.45) is 0 Å². The lowest BCUT2D eigenvalue weighted by atomic mass is 10.1. The maximum absolute atomic E-state index is 12.3. The number of ketones is 1. The Labute approximate surface area is 157 Å². The van der Waals surface area contributed by atoms with E-state index >= 15 is 0 Å². The van der Waals surface area contributed by atoms with Crippen LogP contribution < -0.4 is 4.74 Å². The molecule has 2 heterocycles. The SMILES string of the molecule is O=C(C=CN1CCC[C@H]1CN1CCCCC1)c1ccc(OC(F)(F)F)cc1. The number of nitrogens with zero attached hydrogens (tertiary/aromatic N) is 2. The standard InChI is InChI=1S/C20H25F3N2O2/c21-20(22,23)27-18-8-6-16(7-9-18)19(26)10-14-25-13-4-5-17(25)15-24-11-2-1-3-12-24/h6-10,14,17H,1-5,11-13,15H2/t17-/m0/s1. The van der Waals surface area contributed by atoms with Crippen LogP contribution in [0.15, 0.2) is 36.5 Å². The molecule has 2 aliphatic rings. The first-order valence-electron chi connectivity index (χ1n) is 9.47. The maximum Gasteiger partial charge on any atom is 0.573 e. The van der Waals surface area contributed by atoms with Crippen molar-refractivity contribution in [2.45, 2.75) is 44.5 Å². The van der Waals surface area contributed by atoms with Gasteiger partial charge in [0.2, 0.25) is 0 Å². The van der Waals surface area contributed by atoms with Gasteiger partial charge >= 0.3 is 6.36 Å². The molecule has 2 fully saturated rings. The van der Waals surface area contributed by atoms with Gasteiger partial charge in [-0.1, -0.05) is 6.42 Å². The smallest absolute Gasteiger partial charge is 0.406 e. The average molecular weight is 382 g/mol. The minimum Gasteiger partial charge on any atom is -0.406 e. The third-order valence-corrected chi connectivity index (χ3v) is 5.13. The van der Waals surface area contributed by atoms with E-state index in [1.807, 2.05) is 6.20 Å². The fourth-order valence-corrected chi connectivity index (χ4v) is 3.77. The highest BCUT2D eigenvalue weighted by molar-refractivity contribution is 6.04. The van der Waals surface area contributed by atoms with Crippen molar-refractivity contribution in [2.75, 3.05) is 26.2 Å². The summed E-state index contributed by atoms with van der Waals surface area (Å²) in [7, 11) is 0. The van der Waals surface area contributed by atoms with Crippen LogP contribution in [0.25, 0.3) is 0 Å². The van der Waals surface area contributed by atoms with E-state index in [1.54, 1.807) is 0 Å². The van der Waals surface area contributed by atoms with Crippen LogP contribution >= 0.6 is 0 Å². The lowest BCUT2D eigenvalue weighted by Gasteiger charge is -2.32. The number of carbonyl (C=O) groups is 1. The van der Waals surface area contributed by atoms with Crippen LogP contribution in [-0.2, 0) is 0 Å². The van der Waals surface area contributed by atoms with Gasteiger partial charge in [-0.2, -0.15) is 0 Å². The van der Waals surface area contributed by atoms with E-state index in [9.17, 15) is 18.0 Å². The second-order valence-corrected chi connectivity index (χ2v) is 7.15. The molecule has 4 nitrogen and oxygen atoms in total. The third-order valence-electron chi connectivity index (χ3n) is 5.13. The molecule has 0 aromatic heterocycles. The van der Waals surface area contributed by atoms with E-state index in [0.29, 0.717) is 11.6 Å². The Morgan fingerprint density at radius 3 is 2.44 bits per heavy atom. The van der Waals surface area contributed by atoms with Crippen molar-refractivity contribution in [3.05, 3.63) is 42.1 Å². The molecule has 2 saturated heterocycles. The molecule has 1 aromatic rings. The van der Waals surface area contributed by atoms with Gasteiger partial charge in [0.25, 0.3) is 0 Å². The highest BCUT2D eigenvalue weighted by Crippen LogP contribution is 2.23. The first kappa shape index (κ1) is 19.7. The Morgan fingerprint density at radius 2 is 1.78 bits per heavy atom. The van der Waals surface area contributed by atoms with Crippen LogP contribution in [0.2, 0.25) is 0 Å². The van der Waals surface area contributed by atoms with Gasteiger partial charge in [-0.15, -0.1) is 13.2 Å². The molecule has 0 aliphatic carbocycles. The Balaban J connectivity index is 1.55. The van der Waals surface area contributed by atoms with E-state index in [-0.39, 0.29) is 11.5 Å². The molecule has 7 heteroatoms. The monoisotopic (exact) mass is 382 g/mol. The van der Waals surface area contributed by atoms with Crippen LogP contribution in [-0.4, -0.2) is 54.2 Å². The number of likely N-dealkylation sites (tertiary alicyclic amines) is 2. The lowest BCUT2D eigenvalue weighted by Crippen LogP contribution is -2.40. The van der Waals surface area contributed by atoms with Gasteiger partial charge in [-0.25, -0.2) is 0 Å².